The summed E-state index contributed by atoms with van der Waals surface area (Å²) in [4.78, 5) is 18.0. The Balaban J connectivity index is 1.40. The highest BCUT2D eigenvalue weighted by Crippen LogP contribution is 2.35. The highest BCUT2D eigenvalue weighted by Gasteiger charge is 2.36. The predicted molar refractivity (Wildman–Crippen MR) is 153 cm³/mol. The number of carbonyl (C=O) groups is 1. The van der Waals surface area contributed by atoms with Crippen LogP contribution in [0.4, 0.5) is 18.9 Å². The number of nitrogens with zero attached hydrogens (tertiary/aromatic N) is 5. The van der Waals surface area contributed by atoms with E-state index < -0.39 is 17.8 Å². The fourth-order valence-corrected chi connectivity index (χ4v) is 5.07. The summed E-state index contributed by atoms with van der Waals surface area (Å²) < 4.78 is 50.3. The fourth-order valence-electron chi connectivity index (χ4n) is 5.07. The van der Waals surface area contributed by atoms with Gasteiger partial charge in [-0.3, -0.25) is 9.48 Å². The molecular formula is C31H25F3N6O2. The molecule has 0 unspecified atom stereocenters. The van der Waals surface area contributed by atoms with E-state index in [-0.39, 0.29) is 16.9 Å². The second-order valence-electron chi connectivity index (χ2n) is 9.85. The van der Waals surface area contributed by atoms with Gasteiger partial charge in [0.25, 0.3) is 5.91 Å². The minimum absolute atomic E-state index is 0.0830. The number of rotatable bonds is 6. The van der Waals surface area contributed by atoms with Gasteiger partial charge in [0.05, 0.1) is 42.6 Å². The van der Waals surface area contributed by atoms with E-state index in [0.717, 1.165) is 28.6 Å². The predicted octanol–water partition coefficient (Wildman–Crippen LogP) is 6.69. The summed E-state index contributed by atoms with van der Waals surface area (Å²) in [5.41, 5.74) is 1.91. The first-order valence-corrected chi connectivity index (χ1v) is 13.1. The Morgan fingerprint density at radius 1 is 1.00 bits per heavy atom. The molecule has 0 saturated carbocycles. The van der Waals surface area contributed by atoms with Crippen molar-refractivity contribution >= 4 is 28.0 Å². The number of fused-ring (bicyclic) bond motifs is 2. The van der Waals surface area contributed by atoms with Crippen molar-refractivity contribution in [2.75, 3.05) is 12.4 Å². The average molecular weight is 571 g/mol. The number of alkyl halides is 3. The Bertz CT molecular complexity index is 1970. The van der Waals surface area contributed by atoms with Crippen LogP contribution in [0, 0.1) is 13.8 Å². The molecule has 0 aliphatic carbocycles. The monoisotopic (exact) mass is 570 g/mol. The summed E-state index contributed by atoms with van der Waals surface area (Å²) in [6, 6.07) is 21.2. The van der Waals surface area contributed by atoms with Gasteiger partial charge in [0, 0.05) is 5.56 Å². The van der Waals surface area contributed by atoms with Crippen molar-refractivity contribution in [3.63, 3.8) is 0 Å². The average Bonchev–Trinajstić information content (AvgIpc) is 3.52. The molecule has 42 heavy (non-hydrogen) atoms. The van der Waals surface area contributed by atoms with Crippen molar-refractivity contribution in [1.29, 1.82) is 0 Å². The number of hydrogen-bond acceptors (Lipinski definition) is 5. The molecule has 0 aliphatic rings. The second kappa shape index (κ2) is 10.3. The quantitative estimate of drug-likeness (QED) is 0.241. The zero-order valence-corrected chi connectivity index (χ0v) is 22.9. The molecule has 0 spiro atoms. The molecular weight excluding hydrogens is 545 g/mol. The molecule has 212 valence electrons. The Kier molecular flexibility index (Phi) is 6.64. The number of methoxy groups -OCH3 is 1. The van der Waals surface area contributed by atoms with E-state index in [2.05, 4.69) is 20.5 Å². The number of aromatic nitrogens is 5. The van der Waals surface area contributed by atoms with Gasteiger partial charge in [-0.25, -0.2) is 9.50 Å². The number of aryl methyl sites for hydroxylation is 1. The third-order valence-corrected chi connectivity index (χ3v) is 7.16. The first-order valence-electron chi connectivity index (χ1n) is 13.1. The summed E-state index contributed by atoms with van der Waals surface area (Å²) >= 11 is 0. The van der Waals surface area contributed by atoms with E-state index in [1.165, 1.54) is 0 Å². The van der Waals surface area contributed by atoms with Crippen LogP contribution in [0.15, 0.2) is 79.0 Å². The van der Waals surface area contributed by atoms with Gasteiger partial charge in [-0.05, 0) is 48.4 Å². The molecule has 0 fully saturated rings. The number of nitrogens with one attached hydrogen (secondary N) is 1. The summed E-state index contributed by atoms with van der Waals surface area (Å²) in [5.74, 6) is 0.0667. The first kappa shape index (κ1) is 27.0. The molecule has 1 amide bonds. The Labute approximate surface area is 238 Å². The topological polar surface area (TPSA) is 86.3 Å². The van der Waals surface area contributed by atoms with Crippen LogP contribution >= 0.6 is 0 Å². The van der Waals surface area contributed by atoms with Gasteiger partial charge in [-0.1, -0.05) is 54.6 Å². The van der Waals surface area contributed by atoms with E-state index in [1.807, 2.05) is 61.5 Å². The normalized spacial score (nSPS) is 11.8. The maximum Gasteiger partial charge on any atom is 0.433 e. The van der Waals surface area contributed by atoms with Crippen molar-refractivity contribution in [3.8, 4) is 17.0 Å². The summed E-state index contributed by atoms with van der Waals surface area (Å²) in [5, 5.41) is 12.9. The molecule has 3 heterocycles. The molecule has 0 aliphatic heterocycles. The number of halogens is 3. The van der Waals surface area contributed by atoms with E-state index >= 15 is 0 Å². The van der Waals surface area contributed by atoms with Crippen LogP contribution in [0.5, 0.6) is 5.75 Å². The Hall–Kier alpha value is -5.19. The molecule has 1 N–H and O–H groups in total. The molecule has 0 saturated heterocycles. The van der Waals surface area contributed by atoms with Gasteiger partial charge in [-0.2, -0.15) is 23.4 Å². The van der Waals surface area contributed by atoms with Crippen molar-refractivity contribution in [2.24, 2.45) is 0 Å². The number of anilines is 1. The number of amides is 1. The Morgan fingerprint density at radius 2 is 1.76 bits per heavy atom. The molecule has 0 atom stereocenters. The highest BCUT2D eigenvalue weighted by atomic mass is 19.4. The van der Waals surface area contributed by atoms with Crippen LogP contribution in [0.1, 0.15) is 33.0 Å². The number of ether oxygens (including phenoxy) is 1. The number of benzene rings is 3. The molecule has 6 aromatic rings. The number of hydrogen-bond donors (Lipinski definition) is 1. The van der Waals surface area contributed by atoms with E-state index in [0.29, 0.717) is 39.4 Å². The molecule has 0 radical (unpaired) electrons. The third kappa shape index (κ3) is 4.83. The fraction of sp³-hybridized carbons (Fsp3) is 0.161. The smallest absolute Gasteiger partial charge is 0.433 e. The van der Waals surface area contributed by atoms with E-state index in [4.69, 9.17) is 4.74 Å². The third-order valence-electron chi connectivity index (χ3n) is 7.16. The highest BCUT2D eigenvalue weighted by molar-refractivity contribution is 6.09. The van der Waals surface area contributed by atoms with Crippen LogP contribution in [0.2, 0.25) is 0 Å². The van der Waals surface area contributed by atoms with Crippen molar-refractivity contribution in [1.82, 2.24) is 24.4 Å². The van der Waals surface area contributed by atoms with Gasteiger partial charge in [0.1, 0.15) is 11.3 Å². The lowest BCUT2D eigenvalue weighted by Crippen LogP contribution is -2.16. The van der Waals surface area contributed by atoms with Gasteiger partial charge in [-0.15, -0.1) is 0 Å². The largest absolute Gasteiger partial charge is 0.497 e. The van der Waals surface area contributed by atoms with Crippen LogP contribution in [0.3, 0.4) is 0 Å². The lowest BCUT2D eigenvalue weighted by molar-refractivity contribution is -0.142. The lowest BCUT2D eigenvalue weighted by Gasteiger charge is -2.13. The molecule has 3 aromatic carbocycles. The SMILES string of the molecule is COc1cccc(Cn2nc(C)c(NC(=O)c3cnn4c(C(F)(F)F)cc(-c5cccc6ccccc56)nc34)c2C)c1. The maximum atomic E-state index is 14.2. The van der Waals surface area contributed by atoms with E-state index in [9.17, 15) is 18.0 Å². The van der Waals surface area contributed by atoms with Crippen molar-refractivity contribution in [2.45, 2.75) is 26.6 Å². The van der Waals surface area contributed by atoms with Crippen molar-refractivity contribution < 1.29 is 22.7 Å². The maximum absolute atomic E-state index is 14.2. The van der Waals surface area contributed by atoms with Crippen LogP contribution in [-0.4, -0.2) is 37.4 Å². The van der Waals surface area contributed by atoms with Gasteiger partial charge < -0.3 is 10.1 Å². The molecule has 3 aromatic heterocycles. The summed E-state index contributed by atoms with van der Waals surface area (Å²) in [6.45, 7) is 3.99. The zero-order chi connectivity index (χ0) is 29.6. The van der Waals surface area contributed by atoms with E-state index in [1.54, 1.807) is 30.8 Å². The summed E-state index contributed by atoms with van der Waals surface area (Å²) in [6.07, 6.45) is -3.64. The standard InChI is InChI=1S/C31H25F3N6O2/c1-18-28(19(2)39(38-18)17-20-8-6-11-22(14-20)42-3)37-30(41)25-16-35-40-27(31(32,33)34)15-26(36-29(25)40)24-13-7-10-21-9-4-5-12-23(21)24/h4-16H,17H2,1-3H3,(H,37,41). The molecule has 11 heteroatoms. The Morgan fingerprint density at radius 3 is 2.55 bits per heavy atom. The van der Waals surface area contributed by atoms with Crippen molar-refractivity contribution in [3.05, 3.63) is 107 Å². The van der Waals surface area contributed by atoms with Gasteiger partial charge in [0.15, 0.2) is 11.3 Å². The molecule has 0 bridgehead atoms. The van der Waals surface area contributed by atoms with Crippen LogP contribution in [0.25, 0.3) is 27.7 Å². The minimum Gasteiger partial charge on any atom is -0.497 e. The van der Waals surface area contributed by atoms with Gasteiger partial charge in [0.2, 0.25) is 0 Å². The summed E-state index contributed by atoms with van der Waals surface area (Å²) in [7, 11) is 1.59. The van der Waals surface area contributed by atoms with Gasteiger partial charge >= 0.3 is 6.18 Å². The van der Waals surface area contributed by atoms with Crippen LogP contribution < -0.4 is 10.1 Å². The second-order valence-corrected chi connectivity index (χ2v) is 9.85. The molecule has 6 rings (SSSR count). The first-order chi connectivity index (χ1) is 20.1. The number of carbonyl (C=O) groups excluding carboxylic acids is 1. The molecule has 8 nitrogen and oxygen atoms in total. The minimum atomic E-state index is -4.74. The zero-order valence-electron chi connectivity index (χ0n) is 22.9. The lowest BCUT2D eigenvalue weighted by atomic mass is 10.0. The van der Waals surface area contributed by atoms with Crippen LogP contribution in [-0.2, 0) is 12.7 Å².